The van der Waals surface area contributed by atoms with E-state index in [4.69, 9.17) is 0 Å². The maximum atomic E-state index is 13.2. The van der Waals surface area contributed by atoms with Crippen LogP contribution in [0.4, 0.5) is 4.39 Å². The Morgan fingerprint density at radius 2 is 1.81 bits per heavy atom. The molecule has 2 aromatic rings. The van der Waals surface area contributed by atoms with Gasteiger partial charge in [0.15, 0.2) is 0 Å². The molecule has 4 amide bonds. The van der Waals surface area contributed by atoms with Crippen molar-refractivity contribution < 1.29 is 23.6 Å². The number of fused-ring (bicyclic) bond motifs is 1. The summed E-state index contributed by atoms with van der Waals surface area (Å²) in [5.41, 5.74) is 2.71. The first kappa shape index (κ1) is 20.4. The molecule has 2 fully saturated rings. The van der Waals surface area contributed by atoms with Gasteiger partial charge >= 0.3 is 0 Å². The number of nitrogens with one attached hydrogen (secondary N) is 1. The van der Waals surface area contributed by atoms with E-state index < -0.39 is 11.9 Å². The molecule has 2 saturated heterocycles. The van der Waals surface area contributed by atoms with Crippen molar-refractivity contribution in [3.8, 4) is 0 Å². The van der Waals surface area contributed by atoms with Crippen LogP contribution in [0.5, 0.6) is 0 Å². The Kier molecular flexibility index (Phi) is 5.00. The molecule has 2 atom stereocenters. The highest BCUT2D eigenvalue weighted by molar-refractivity contribution is 6.06. The highest BCUT2D eigenvalue weighted by Gasteiger charge is 2.39. The lowest BCUT2D eigenvalue weighted by atomic mass is 9.98. The van der Waals surface area contributed by atoms with Crippen LogP contribution in [-0.4, -0.2) is 52.6 Å². The monoisotopic (exact) mass is 435 g/mol. The Hall–Kier alpha value is -3.55. The molecular formula is C24H22FN3O4. The van der Waals surface area contributed by atoms with Gasteiger partial charge in [0.25, 0.3) is 11.8 Å². The van der Waals surface area contributed by atoms with Gasteiger partial charge in [0.1, 0.15) is 11.9 Å². The molecule has 32 heavy (non-hydrogen) atoms. The van der Waals surface area contributed by atoms with Gasteiger partial charge in [-0.1, -0.05) is 12.1 Å². The molecule has 0 saturated carbocycles. The number of imide groups is 1. The fourth-order valence-electron chi connectivity index (χ4n) is 4.84. The van der Waals surface area contributed by atoms with E-state index in [1.807, 2.05) is 0 Å². The Morgan fingerprint density at radius 1 is 1.03 bits per heavy atom. The summed E-state index contributed by atoms with van der Waals surface area (Å²) in [6.07, 6.45) is 1.31. The lowest BCUT2D eigenvalue weighted by molar-refractivity contribution is -0.136. The van der Waals surface area contributed by atoms with E-state index in [0.29, 0.717) is 36.2 Å². The van der Waals surface area contributed by atoms with Crippen LogP contribution in [0, 0.1) is 5.82 Å². The SMILES string of the molecule is O=C1CCC(N2Cc3cc(C(=O)N4CC[C@@H](c5ccc(F)cc5)C4)ccc3C2=O)C(=O)N1. The summed E-state index contributed by atoms with van der Waals surface area (Å²) in [5, 5.41) is 2.29. The molecule has 0 aliphatic carbocycles. The second-order valence-corrected chi connectivity index (χ2v) is 8.56. The van der Waals surface area contributed by atoms with Crippen LogP contribution < -0.4 is 5.32 Å². The van der Waals surface area contributed by atoms with Crippen molar-refractivity contribution in [2.75, 3.05) is 13.1 Å². The Labute approximate surface area is 184 Å². The number of piperidine rings is 1. The molecule has 3 heterocycles. The summed E-state index contributed by atoms with van der Waals surface area (Å²) in [6.45, 7) is 1.40. The molecular weight excluding hydrogens is 413 g/mol. The van der Waals surface area contributed by atoms with Gasteiger partial charge in [-0.15, -0.1) is 0 Å². The lowest BCUT2D eigenvalue weighted by Gasteiger charge is -2.29. The fraction of sp³-hybridized carbons (Fsp3) is 0.333. The zero-order valence-electron chi connectivity index (χ0n) is 17.3. The first-order valence-corrected chi connectivity index (χ1v) is 10.7. The Morgan fingerprint density at radius 3 is 2.56 bits per heavy atom. The minimum Gasteiger partial charge on any atom is -0.338 e. The first-order chi connectivity index (χ1) is 15.4. The molecule has 0 radical (unpaired) electrons. The predicted octanol–water partition coefficient (Wildman–Crippen LogP) is 2.22. The summed E-state index contributed by atoms with van der Waals surface area (Å²) in [5.74, 6) is -1.26. The number of hydrogen-bond donors (Lipinski definition) is 1. The largest absolute Gasteiger partial charge is 0.338 e. The van der Waals surface area contributed by atoms with Crippen LogP contribution in [0.2, 0.25) is 0 Å². The first-order valence-electron chi connectivity index (χ1n) is 10.7. The van der Waals surface area contributed by atoms with Crippen molar-refractivity contribution in [1.82, 2.24) is 15.1 Å². The number of amides is 4. The van der Waals surface area contributed by atoms with Crippen LogP contribution in [0.15, 0.2) is 42.5 Å². The van der Waals surface area contributed by atoms with E-state index in [1.54, 1.807) is 35.2 Å². The molecule has 5 rings (SSSR count). The zero-order valence-corrected chi connectivity index (χ0v) is 17.3. The van der Waals surface area contributed by atoms with Gasteiger partial charge < -0.3 is 9.80 Å². The van der Waals surface area contributed by atoms with Crippen LogP contribution in [0.25, 0.3) is 0 Å². The summed E-state index contributed by atoms with van der Waals surface area (Å²) in [4.78, 5) is 52.8. The smallest absolute Gasteiger partial charge is 0.255 e. The fourth-order valence-corrected chi connectivity index (χ4v) is 4.84. The highest BCUT2D eigenvalue weighted by Crippen LogP contribution is 2.31. The lowest BCUT2D eigenvalue weighted by Crippen LogP contribution is -2.52. The molecule has 0 bridgehead atoms. The average Bonchev–Trinajstić information content (AvgIpc) is 3.39. The van der Waals surface area contributed by atoms with Gasteiger partial charge in [-0.3, -0.25) is 24.5 Å². The minimum atomic E-state index is -0.679. The molecule has 0 aromatic heterocycles. The van der Waals surface area contributed by atoms with Gasteiger partial charge in [-0.05, 0) is 54.3 Å². The third kappa shape index (κ3) is 3.55. The maximum absolute atomic E-state index is 13.2. The van der Waals surface area contributed by atoms with Gasteiger partial charge in [-0.2, -0.15) is 0 Å². The number of carbonyl (C=O) groups excluding carboxylic acids is 4. The van der Waals surface area contributed by atoms with Crippen molar-refractivity contribution in [1.29, 1.82) is 0 Å². The second-order valence-electron chi connectivity index (χ2n) is 8.56. The second kappa shape index (κ2) is 7.85. The van der Waals surface area contributed by atoms with Crippen molar-refractivity contribution in [3.63, 3.8) is 0 Å². The van der Waals surface area contributed by atoms with Crippen LogP contribution in [-0.2, 0) is 16.1 Å². The quantitative estimate of drug-likeness (QED) is 0.749. The number of rotatable bonds is 3. The molecule has 3 aliphatic heterocycles. The summed E-state index contributed by atoms with van der Waals surface area (Å²) in [6, 6.07) is 10.7. The maximum Gasteiger partial charge on any atom is 0.255 e. The summed E-state index contributed by atoms with van der Waals surface area (Å²) < 4.78 is 13.2. The average molecular weight is 435 g/mol. The summed E-state index contributed by atoms with van der Waals surface area (Å²) in [7, 11) is 0. The van der Waals surface area contributed by atoms with E-state index in [9.17, 15) is 23.6 Å². The molecule has 8 heteroatoms. The van der Waals surface area contributed by atoms with Crippen LogP contribution in [0.3, 0.4) is 0 Å². The van der Waals surface area contributed by atoms with Crippen molar-refractivity contribution in [2.45, 2.75) is 37.8 Å². The van der Waals surface area contributed by atoms with Gasteiger partial charge in [0.2, 0.25) is 11.8 Å². The van der Waals surface area contributed by atoms with Crippen LogP contribution >= 0.6 is 0 Å². The molecule has 1 N–H and O–H groups in total. The number of benzene rings is 2. The number of carbonyl (C=O) groups is 4. The minimum absolute atomic E-state index is 0.107. The van der Waals surface area contributed by atoms with E-state index in [-0.39, 0.29) is 42.4 Å². The normalized spacial score (nSPS) is 22.8. The molecule has 0 spiro atoms. The molecule has 2 aromatic carbocycles. The number of halogens is 1. The topological polar surface area (TPSA) is 86.8 Å². The van der Waals surface area contributed by atoms with Crippen LogP contribution in [0.1, 0.15) is 57.0 Å². The standard InChI is InChI=1S/C24H22FN3O4/c25-18-4-1-14(2-5-18)16-9-10-27(12-16)23(31)15-3-6-19-17(11-15)13-28(24(19)32)20-7-8-21(29)26-22(20)30/h1-6,11,16,20H,7-10,12-13H2,(H,26,29,30)/t16-,20?/m1/s1. The number of likely N-dealkylation sites (tertiary alicyclic amines) is 1. The summed E-state index contributed by atoms with van der Waals surface area (Å²) >= 11 is 0. The van der Waals surface area contributed by atoms with Gasteiger partial charge in [-0.25, -0.2) is 4.39 Å². The highest BCUT2D eigenvalue weighted by atomic mass is 19.1. The third-order valence-electron chi connectivity index (χ3n) is 6.59. The van der Waals surface area contributed by atoms with E-state index >= 15 is 0 Å². The zero-order chi connectivity index (χ0) is 22.4. The van der Waals surface area contributed by atoms with E-state index in [2.05, 4.69) is 5.32 Å². The molecule has 7 nitrogen and oxygen atoms in total. The number of nitrogens with zero attached hydrogens (tertiary/aromatic N) is 2. The van der Waals surface area contributed by atoms with Crippen molar-refractivity contribution >= 4 is 23.6 Å². The number of hydrogen-bond acceptors (Lipinski definition) is 4. The van der Waals surface area contributed by atoms with E-state index in [0.717, 1.165) is 12.0 Å². The Bertz CT molecular complexity index is 1130. The molecule has 3 aliphatic rings. The molecule has 1 unspecified atom stereocenters. The third-order valence-corrected chi connectivity index (χ3v) is 6.59. The van der Waals surface area contributed by atoms with Gasteiger partial charge in [0.05, 0.1) is 0 Å². The Balaban J connectivity index is 1.30. The van der Waals surface area contributed by atoms with Crippen molar-refractivity contribution in [2.24, 2.45) is 0 Å². The van der Waals surface area contributed by atoms with Gasteiger partial charge in [0, 0.05) is 43.1 Å². The molecule has 164 valence electrons. The van der Waals surface area contributed by atoms with E-state index in [1.165, 1.54) is 17.0 Å². The predicted molar refractivity (Wildman–Crippen MR) is 112 cm³/mol. The van der Waals surface area contributed by atoms with Crippen molar-refractivity contribution in [3.05, 3.63) is 70.5 Å².